The summed E-state index contributed by atoms with van der Waals surface area (Å²) < 4.78 is 10.6. The molecule has 0 aliphatic heterocycles. The minimum absolute atomic E-state index is 0.0855. The lowest BCUT2D eigenvalue weighted by atomic mass is 10.0. The zero-order valence-electron chi connectivity index (χ0n) is 38.9. The van der Waals surface area contributed by atoms with Crippen molar-refractivity contribution in [1.82, 2.24) is 0 Å². The Balaban J connectivity index is 3.58. The normalized spacial score (nSPS) is 13.1. The fraction of sp³-hybridized carbons (Fsp3) is 0.673. The molecule has 0 heterocycles. The van der Waals surface area contributed by atoms with E-state index in [1.165, 1.54) is 103 Å². The molecule has 0 saturated carbocycles. The van der Waals surface area contributed by atoms with Crippen molar-refractivity contribution in [2.45, 2.75) is 225 Å². The molecular formula is C55H92O5. The Morgan fingerprint density at radius 3 is 1.10 bits per heavy atom. The third-order valence-corrected chi connectivity index (χ3v) is 10.4. The van der Waals surface area contributed by atoms with Gasteiger partial charge in [0.2, 0.25) is 0 Å². The molecule has 0 fully saturated rings. The van der Waals surface area contributed by atoms with E-state index in [0.29, 0.717) is 12.8 Å². The number of carbonyl (C=O) groups is 2. The van der Waals surface area contributed by atoms with E-state index >= 15 is 0 Å². The predicted molar refractivity (Wildman–Crippen MR) is 260 cm³/mol. The minimum Gasteiger partial charge on any atom is -0.462 e. The highest BCUT2D eigenvalue weighted by Gasteiger charge is 2.16. The molecular weight excluding hydrogens is 741 g/mol. The Hall–Kier alpha value is -3.18. The summed E-state index contributed by atoms with van der Waals surface area (Å²) in [4.78, 5) is 24.4. The first-order chi connectivity index (χ1) is 29.6. The van der Waals surface area contributed by atoms with Crippen molar-refractivity contribution in [3.63, 3.8) is 0 Å². The quantitative estimate of drug-likeness (QED) is 0.0376. The summed E-state index contributed by atoms with van der Waals surface area (Å²) in [6.07, 6.45) is 70.6. The molecule has 0 aromatic rings. The van der Waals surface area contributed by atoms with Gasteiger partial charge in [0, 0.05) is 12.8 Å². The van der Waals surface area contributed by atoms with Gasteiger partial charge in [-0.15, -0.1) is 0 Å². The van der Waals surface area contributed by atoms with Gasteiger partial charge in [-0.2, -0.15) is 0 Å². The number of aliphatic hydroxyl groups excluding tert-OH is 1. The maximum atomic E-state index is 12.2. The summed E-state index contributed by atoms with van der Waals surface area (Å²) in [5.41, 5.74) is 0. The summed E-state index contributed by atoms with van der Waals surface area (Å²) in [7, 11) is 0. The van der Waals surface area contributed by atoms with Crippen LogP contribution in [-0.2, 0) is 19.1 Å². The molecule has 5 heteroatoms. The number of unbranched alkanes of at least 4 members (excludes halogenated alkanes) is 20. The Bertz CT molecular complexity index is 1170. The Morgan fingerprint density at radius 2 is 0.717 bits per heavy atom. The van der Waals surface area contributed by atoms with E-state index in [1.807, 2.05) is 0 Å². The number of aliphatic hydroxyl groups is 1. The van der Waals surface area contributed by atoms with Crippen molar-refractivity contribution in [2.75, 3.05) is 13.2 Å². The Labute approximate surface area is 370 Å². The van der Waals surface area contributed by atoms with Crippen molar-refractivity contribution < 1.29 is 24.2 Å². The van der Waals surface area contributed by atoms with Crippen molar-refractivity contribution >= 4 is 11.9 Å². The van der Waals surface area contributed by atoms with Crippen LogP contribution in [0.15, 0.2) is 97.2 Å². The van der Waals surface area contributed by atoms with E-state index in [0.717, 1.165) is 89.9 Å². The summed E-state index contributed by atoms with van der Waals surface area (Å²) in [6, 6.07) is 0. The smallest absolute Gasteiger partial charge is 0.306 e. The molecule has 60 heavy (non-hydrogen) atoms. The van der Waals surface area contributed by atoms with E-state index in [4.69, 9.17) is 9.47 Å². The molecule has 342 valence electrons. The van der Waals surface area contributed by atoms with Gasteiger partial charge in [0.05, 0.1) is 6.61 Å². The molecule has 5 nitrogen and oxygen atoms in total. The molecule has 0 amide bonds. The van der Waals surface area contributed by atoms with Crippen LogP contribution in [0, 0.1) is 0 Å². The third kappa shape index (κ3) is 47.5. The first-order valence-electron chi connectivity index (χ1n) is 24.8. The van der Waals surface area contributed by atoms with E-state index in [1.54, 1.807) is 0 Å². The number of hydrogen-bond acceptors (Lipinski definition) is 5. The number of hydrogen-bond donors (Lipinski definition) is 1. The lowest BCUT2D eigenvalue weighted by molar-refractivity contribution is -0.161. The lowest BCUT2D eigenvalue weighted by Gasteiger charge is -2.15. The SMILES string of the molecule is CC/C=C\C/C=C\C/C=C\C/C=C\C/C=C\CCCCCC(=O)OC(CO)COC(=O)CCCCCCCCCCCCCC/C=C\C/C=C\C/C=C\CCCCCCC. The number of allylic oxidation sites excluding steroid dienone is 16. The molecule has 0 bridgehead atoms. The molecule has 1 N–H and O–H groups in total. The van der Waals surface area contributed by atoms with Crippen LogP contribution >= 0.6 is 0 Å². The zero-order chi connectivity index (χ0) is 43.5. The van der Waals surface area contributed by atoms with Crippen molar-refractivity contribution in [2.24, 2.45) is 0 Å². The van der Waals surface area contributed by atoms with Gasteiger partial charge in [0.15, 0.2) is 6.10 Å². The van der Waals surface area contributed by atoms with Gasteiger partial charge >= 0.3 is 11.9 Å². The van der Waals surface area contributed by atoms with Crippen molar-refractivity contribution in [1.29, 1.82) is 0 Å². The monoisotopic (exact) mass is 833 g/mol. The van der Waals surface area contributed by atoms with Crippen LogP contribution in [0.25, 0.3) is 0 Å². The van der Waals surface area contributed by atoms with E-state index < -0.39 is 6.10 Å². The standard InChI is InChI=1S/C55H92O5/c1-3-5-7-9-11-13-15-17-19-21-23-24-25-26-27-28-29-30-32-33-35-37-39-41-43-45-47-49-54(57)59-52-53(51-56)60-55(58)50-48-46-44-42-40-38-36-34-31-22-20-18-16-14-12-10-8-6-4-2/h6,8,12,14-15,17-18,20-21,23,25-26,31,34,38,40,53,56H,3-5,7,9-11,13,16,19,22,24,27-30,32-33,35-37,39,41-52H2,1-2H3/b8-6-,14-12-,17-15-,20-18-,23-21-,26-25-,34-31-,40-38-. The second-order valence-corrected chi connectivity index (χ2v) is 16.2. The molecule has 0 aromatic carbocycles. The number of rotatable bonds is 44. The number of esters is 2. The molecule has 1 unspecified atom stereocenters. The van der Waals surface area contributed by atoms with Crippen LogP contribution < -0.4 is 0 Å². The van der Waals surface area contributed by atoms with Crippen molar-refractivity contribution in [3.8, 4) is 0 Å². The van der Waals surface area contributed by atoms with Crippen LogP contribution in [0.3, 0.4) is 0 Å². The molecule has 0 radical (unpaired) electrons. The van der Waals surface area contributed by atoms with Crippen LogP contribution in [0.5, 0.6) is 0 Å². The highest BCUT2D eigenvalue weighted by molar-refractivity contribution is 5.70. The van der Waals surface area contributed by atoms with Gasteiger partial charge in [-0.1, -0.05) is 207 Å². The molecule has 1 atom stereocenters. The van der Waals surface area contributed by atoms with Gasteiger partial charge in [0.1, 0.15) is 6.61 Å². The topological polar surface area (TPSA) is 72.8 Å². The molecule has 0 aliphatic carbocycles. The Kier molecular flexibility index (Phi) is 47.5. The minimum atomic E-state index is -0.796. The molecule has 0 spiro atoms. The Morgan fingerprint density at radius 1 is 0.400 bits per heavy atom. The molecule has 0 aliphatic rings. The maximum Gasteiger partial charge on any atom is 0.306 e. The first-order valence-corrected chi connectivity index (χ1v) is 24.8. The average molecular weight is 833 g/mol. The molecule has 0 rings (SSSR count). The fourth-order valence-electron chi connectivity index (χ4n) is 6.65. The summed E-state index contributed by atoms with van der Waals surface area (Å²) in [6.45, 7) is 3.98. The van der Waals surface area contributed by atoms with Crippen LogP contribution in [0.1, 0.15) is 219 Å². The van der Waals surface area contributed by atoms with Crippen LogP contribution in [-0.4, -0.2) is 36.4 Å². The molecule has 0 saturated heterocycles. The zero-order valence-corrected chi connectivity index (χ0v) is 38.9. The second-order valence-electron chi connectivity index (χ2n) is 16.2. The average Bonchev–Trinajstić information content (AvgIpc) is 3.25. The van der Waals surface area contributed by atoms with Gasteiger partial charge in [-0.25, -0.2) is 0 Å². The maximum absolute atomic E-state index is 12.2. The van der Waals surface area contributed by atoms with E-state index in [-0.39, 0.29) is 25.2 Å². The summed E-state index contributed by atoms with van der Waals surface area (Å²) in [5, 5.41) is 9.61. The number of carbonyl (C=O) groups excluding carboxylic acids is 2. The summed E-state index contributed by atoms with van der Waals surface area (Å²) >= 11 is 0. The lowest BCUT2D eigenvalue weighted by Crippen LogP contribution is -2.28. The third-order valence-electron chi connectivity index (χ3n) is 10.4. The first kappa shape index (κ1) is 56.8. The van der Waals surface area contributed by atoms with Gasteiger partial charge in [-0.3, -0.25) is 9.59 Å². The second kappa shape index (κ2) is 50.2. The van der Waals surface area contributed by atoms with Crippen molar-refractivity contribution in [3.05, 3.63) is 97.2 Å². The van der Waals surface area contributed by atoms with Gasteiger partial charge in [-0.05, 0) is 96.3 Å². The molecule has 0 aromatic heterocycles. The van der Waals surface area contributed by atoms with E-state index in [2.05, 4.69) is 111 Å². The van der Waals surface area contributed by atoms with Crippen LogP contribution in [0.4, 0.5) is 0 Å². The summed E-state index contributed by atoms with van der Waals surface area (Å²) in [5.74, 6) is -0.634. The largest absolute Gasteiger partial charge is 0.462 e. The van der Waals surface area contributed by atoms with Gasteiger partial charge in [0.25, 0.3) is 0 Å². The van der Waals surface area contributed by atoms with Crippen LogP contribution in [0.2, 0.25) is 0 Å². The number of ether oxygens (including phenoxy) is 2. The highest BCUT2D eigenvalue weighted by Crippen LogP contribution is 2.14. The fourth-order valence-corrected chi connectivity index (χ4v) is 6.65. The highest BCUT2D eigenvalue weighted by atomic mass is 16.6. The predicted octanol–water partition coefficient (Wildman–Crippen LogP) is 16.4. The van der Waals surface area contributed by atoms with E-state index in [9.17, 15) is 14.7 Å². The van der Waals surface area contributed by atoms with Gasteiger partial charge < -0.3 is 14.6 Å².